The summed E-state index contributed by atoms with van der Waals surface area (Å²) in [7, 11) is 0. The van der Waals surface area contributed by atoms with E-state index in [2.05, 4.69) is 15.1 Å². The molecule has 3 aromatic rings. The molecule has 4 rings (SSSR count). The number of nitrogens with two attached hydrogens (primary N) is 1. The lowest BCUT2D eigenvalue weighted by molar-refractivity contribution is -0.00535. The quantitative estimate of drug-likeness (QED) is 0.686. The average molecular weight is 366 g/mol. The molecule has 0 aromatic carbocycles. The van der Waals surface area contributed by atoms with Gasteiger partial charge in [-0.3, -0.25) is 0 Å². The highest BCUT2D eigenvalue weighted by Crippen LogP contribution is 2.30. The summed E-state index contributed by atoms with van der Waals surface area (Å²) >= 11 is 6.00. The molecule has 4 heterocycles. The number of fused-ring (bicyclic) bond motifs is 1. The van der Waals surface area contributed by atoms with Crippen molar-refractivity contribution in [2.24, 2.45) is 0 Å². The molecule has 3 N–H and O–H groups in total. The van der Waals surface area contributed by atoms with Crippen LogP contribution in [0.2, 0.25) is 5.02 Å². The largest absolute Gasteiger partial charge is 0.391 e. The lowest BCUT2D eigenvalue weighted by atomic mass is 10.2. The number of aromatic nitrogens is 4. The van der Waals surface area contributed by atoms with Crippen molar-refractivity contribution >= 4 is 23.1 Å². The number of aliphatic hydroxyl groups is 1. The normalized spacial score (nSPS) is 17.2. The molecule has 0 radical (unpaired) electrons. The summed E-state index contributed by atoms with van der Waals surface area (Å²) in [6, 6.07) is 2.91. The van der Waals surface area contributed by atoms with Crippen LogP contribution in [0.25, 0.3) is 16.8 Å². The first-order chi connectivity index (χ1) is 12.1. The third-order valence-electron chi connectivity index (χ3n) is 3.65. The highest BCUT2D eigenvalue weighted by molar-refractivity contribution is 6.33. The Morgan fingerprint density at radius 3 is 2.92 bits per heavy atom. The average Bonchev–Trinajstić information content (AvgIpc) is 3.04. The minimum Gasteiger partial charge on any atom is -0.391 e. The summed E-state index contributed by atoms with van der Waals surface area (Å²) in [5.41, 5.74) is 6.66. The predicted molar refractivity (Wildman–Crippen MR) is 91.7 cm³/mol. The van der Waals surface area contributed by atoms with Crippen LogP contribution in [-0.2, 0) is 4.74 Å². The van der Waals surface area contributed by atoms with Gasteiger partial charge < -0.3 is 15.6 Å². The molecule has 1 unspecified atom stereocenters. The number of anilines is 1. The molecule has 25 heavy (non-hydrogen) atoms. The minimum atomic E-state index is -0.404. The van der Waals surface area contributed by atoms with Gasteiger partial charge in [0.25, 0.3) is 0 Å². The number of rotatable bonds is 1. The second-order valence-electron chi connectivity index (χ2n) is 5.50. The fraction of sp³-hybridized carbons (Fsp3) is 0.312. The van der Waals surface area contributed by atoms with E-state index in [4.69, 9.17) is 27.2 Å². The van der Waals surface area contributed by atoms with Gasteiger partial charge in [-0.05, 0) is 25.0 Å². The van der Waals surface area contributed by atoms with E-state index < -0.39 is 5.82 Å². The van der Waals surface area contributed by atoms with Gasteiger partial charge in [-0.1, -0.05) is 11.6 Å². The maximum atomic E-state index is 13.8. The Morgan fingerprint density at radius 1 is 1.40 bits per heavy atom. The highest BCUT2D eigenvalue weighted by Gasteiger charge is 2.15. The zero-order valence-electron chi connectivity index (χ0n) is 13.3. The maximum Gasteiger partial charge on any atom is 0.220 e. The number of ether oxygens (including phenoxy) is 1. The minimum absolute atomic E-state index is 0.0742. The van der Waals surface area contributed by atoms with Gasteiger partial charge in [-0.2, -0.15) is 5.10 Å². The fourth-order valence-corrected chi connectivity index (χ4v) is 2.66. The van der Waals surface area contributed by atoms with Crippen LogP contribution in [0.5, 0.6) is 0 Å². The highest BCUT2D eigenvalue weighted by atomic mass is 35.5. The Bertz CT molecular complexity index is 867. The Kier molecular flexibility index (Phi) is 5.42. The van der Waals surface area contributed by atoms with Crippen LogP contribution < -0.4 is 5.73 Å². The van der Waals surface area contributed by atoms with Crippen molar-refractivity contribution in [2.45, 2.75) is 18.9 Å². The fourth-order valence-electron chi connectivity index (χ4n) is 2.47. The first-order valence-electron chi connectivity index (χ1n) is 7.72. The molecule has 0 aliphatic carbocycles. The Hall–Kier alpha value is -2.29. The zero-order chi connectivity index (χ0) is 17.8. The molecule has 0 bridgehead atoms. The summed E-state index contributed by atoms with van der Waals surface area (Å²) in [5, 5.41) is 13.1. The van der Waals surface area contributed by atoms with Gasteiger partial charge >= 0.3 is 0 Å². The third-order valence-corrected chi connectivity index (χ3v) is 3.92. The molecular formula is C16H17ClFN5O2. The van der Waals surface area contributed by atoms with Gasteiger partial charge in [0, 0.05) is 12.8 Å². The molecule has 9 heteroatoms. The van der Waals surface area contributed by atoms with Crippen molar-refractivity contribution in [3.05, 3.63) is 41.6 Å². The van der Waals surface area contributed by atoms with E-state index in [1.54, 1.807) is 12.3 Å². The SMILES string of the molecule is Nc1ncc(Cl)c(-c2cnn3cccc(F)c23)n1.OC1CCCOC1. The van der Waals surface area contributed by atoms with Crippen LogP contribution >= 0.6 is 11.6 Å². The predicted octanol–water partition coefficient (Wildman–Crippen LogP) is 2.32. The van der Waals surface area contributed by atoms with Crippen molar-refractivity contribution in [3.63, 3.8) is 0 Å². The second-order valence-corrected chi connectivity index (χ2v) is 5.91. The summed E-state index contributed by atoms with van der Waals surface area (Å²) in [4.78, 5) is 7.79. The Labute approximate surface area is 148 Å². The monoisotopic (exact) mass is 365 g/mol. The summed E-state index contributed by atoms with van der Waals surface area (Å²) in [6.45, 7) is 1.37. The molecule has 0 amide bonds. The van der Waals surface area contributed by atoms with Crippen LogP contribution in [0.3, 0.4) is 0 Å². The second kappa shape index (κ2) is 7.73. The van der Waals surface area contributed by atoms with E-state index in [0.717, 1.165) is 19.4 Å². The standard InChI is InChI=1S/C11H7ClFN5.C5H10O2/c12-7-5-15-11(14)17-9(7)6-4-16-18-3-1-2-8(13)10(6)18;6-5-2-1-3-7-4-5/h1-5H,(H2,14,15,17);5-6H,1-4H2. The van der Waals surface area contributed by atoms with Crippen LogP contribution in [-0.4, -0.2) is 44.0 Å². The molecule has 1 saturated heterocycles. The van der Waals surface area contributed by atoms with Gasteiger partial charge in [0.05, 0.1) is 41.4 Å². The van der Waals surface area contributed by atoms with Crippen molar-refractivity contribution in [2.75, 3.05) is 18.9 Å². The molecule has 7 nitrogen and oxygen atoms in total. The lowest BCUT2D eigenvalue weighted by Crippen LogP contribution is -2.21. The van der Waals surface area contributed by atoms with E-state index in [9.17, 15) is 4.39 Å². The van der Waals surface area contributed by atoms with Crippen LogP contribution in [0.4, 0.5) is 10.3 Å². The van der Waals surface area contributed by atoms with Gasteiger partial charge in [-0.25, -0.2) is 18.9 Å². The van der Waals surface area contributed by atoms with Crippen LogP contribution in [0, 0.1) is 5.82 Å². The lowest BCUT2D eigenvalue weighted by Gasteiger charge is -2.15. The van der Waals surface area contributed by atoms with Gasteiger partial charge in [0.1, 0.15) is 11.3 Å². The zero-order valence-corrected chi connectivity index (χ0v) is 14.0. The van der Waals surface area contributed by atoms with E-state index >= 15 is 0 Å². The van der Waals surface area contributed by atoms with Gasteiger partial charge in [0.2, 0.25) is 5.95 Å². The van der Waals surface area contributed by atoms with Crippen molar-refractivity contribution < 1.29 is 14.2 Å². The molecule has 132 valence electrons. The molecule has 0 spiro atoms. The maximum absolute atomic E-state index is 13.8. The number of hydrogen-bond acceptors (Lipinski definition) is 6. The summed E-state index contributed by atoms with van der Waals surface area (Å²) in [5.74, 6) is -0.330. The smallest absolute Gasteiger partial charge is 0.220 e. The Balaban J connectivity index is 0.000000219. The third kappa shape index (κ3) is 4.04. The van der Waals surface area contributed by atoms with Crippen molar-refractivity contribution in [3.8, 4) is 11.3 Å². The first-order valence-corrected chi connectivity index (χ1v) is 8.10. The molecule has 3 aromatic heterocycles. The van der Waals surface area contributed by atoms with Crippen molar-refractivity contribution in [1.82, 2.24) is 19.6 Å². The van der Waals surface area contributed by atoms with E-state index in [-0.39, 0.29) is 12.1 Å². The molecule has 1 aliphatic rings. The number of hydrogen-bond donors (Lipinski definition) is 2. The summed E-state index contributed by atoms with van der Waals surface area (Å²) in [6.07, 6.45) is 6.26. The number of nitrogen functional groups attached to an aromatic ring is 1. The number of nitrogens with zero attached hydrogens (tertiary/aromatic N) is 4. The molecule has 1 atom stereocenters. The molecule has 0 saturated carbocycles. The molecule has 1 aliphatic heterocycles. The number of halogens is 2. The molecule has 1 fully saturated rings. The van der Waals surface area contributed by atoms with E-state index in [1.807, 2.05) is 0 Å². The van der Waals surface area contributed by atoms with E-state index in [0.29, 0.717) is 28.4 Å². The van der Waals surface area contributed by atoms with Crippen LogP contribution in [0.15, 0.2) is 30.7 Å². The van der Waals surface area contributed by atoms with Gasteiger partial charge in [-0.15, -0.1) is 0 Å². The topological polar surface area (TPSA) is 98.6 Å². The van der Waals surface area contributed by atoms with E-state index in [1.165, 1.54) is 23.0 Å². The number of pyridine rings is 1. The summed E-state index contributed by atoms with van der Waals surface area (Å²) < 4.78 is 20.2. The number of aliphatic hydroxyl groups excluding tert-OH is 1. The first kappa shape index (κ1) is 17.5. The molecular weight excluding hydrogens is 349 g/mol. The Morgan fingerprint density at radius 2 is 2.24 bits per heavy atom. The van der Waals surface area contributed by atoms with Crippen molar-refractivity contribution in [1.29, 1.82) is 0 Å². The van der Waals surface area contributed by atoms with Gasteiger partial charge in [0.15, 0.2) is 0 Å². The van der Waals surface area contributed by atoms with Crippen LogP contribution in [0.1, 0.15) is 12.8 Å².